The van der Waals surface area contributed by atoms with Gasteiger partial charge >= 0.3 is 0 Å². The van der Waals surface area contributed by atoms with E-state index in [1.54, 1.807) is 0 Å². The molecule has 0 saturated heterocycles. The molecule has 4 N–H and O–H groups in total. The number of aliphatic imine (C=N–C) groups is 1. The van der Waals surface area contributed by atoms with Gasteiger partial charge in [0.15, 0.2) is 5.96 Å². The molecular weight excluding hydrogens is 324 g/mol. The first-order valence-corrected chi connectivity index (χ1v) is 9.09. The molecule has 0 amide bonds. The van der Waals surface area contributed by atoms with Crippen molar-refractivity contribution in [3.63, 3.8) is 0 Å². The molecule has 5 heteroatoms. The van der Waals surface area contributed by atoms with Gasteiger partial charge < -0.3 is 21.1 Å². The van der Waals surface area contributed by atoms with E-state index in [9.17, 15) is 0 Å². The summed E-state index contributed by atoms with van der Waals surface area (Å²) in [5, 5.41) is 6.64. The Labute approximate surface area is 156 Å². The van der Waals surface area contributed by atoms with Crippen molar-refractivity contribution in [1.82, 2.24) is 0 Å². The molecule has 2 aromatic rings. The van der Waals surface area contributed by atoms with Gasteiger partial charge in [-0.25, -0.2) is 0 Å². The van der Waals surface area contributed by atoms with E-state index in [-0.39, 0.29) is 12.1 Å². The van der Waals surface area contributed by atoms with Crippen molar-refractivity contribution in [3.05, 3.63) is 54.6 Å². The first-order chi connectivity index (χ1) is 12.4. The third-order valence-electron chi connectivity index (χ3n) is 3.89. The zero-order valence-electron chi connectivity index (χ0n) is 16.1. The van der Waals surface area contributed by atoms with Gasteiger partial charge in [-0.05, 0) is 56.2 Å². The molecule has 0 aliphatic rings. The van der Waals surface area contributed by atoms with Crippen LogP contribution in [0.1, 0.15) is 27.7 Å². The maximum atomic E-state index is 6.05. The summed E-state index contributed by atoms with van der Waals surface area (Å²) in [7, 11) is 0. The molecular formula is C21H30N4O. The minimum absolute atomic E-state index is 0.158. The number of benzene rings is 2. The second-order valence-corrected chi connectivity index (χ2v) is 6.90. The average Bonchev–Trinajstić information content (AvgIpc) is 2.60. The Hall–Kier alpha value is -2.69. The standard InChI is InChI=1S/C21H30N4O/c1-15(2)20(24-17-8-6-5-7-9-17)14-23-21(22)25-18-10-12-19(13-11-18)26-16(3)4/h5-13,15-16,20,24H,14H2,1-4H3,(H3,22,23,25). The zero-order chi connectivity index (χ0) is 18.9. The van der Waals surface area contributed by atoms with Gasteiger partial charge in [0, 0.05) is 17.4 Å². The predicted molar refractivity (Wildman–Crippen MR) is 111 cm³/mol. The van der Waals surface area contributed by atoms with Crippen LogP contribution in [0.3, 0.4) is 0 Å². The SMILES string of the molecule is CC(C)Oc1ccc(NC(N)=NCC(Nc2ccccc2)C(C)C)cc1. The summed E-state index contributed by atoms with van der Waals surface area (Å²) in [5.74, 6) is 1.68. The summed E-state index contributed by atoms with van der Waals surface area (Å²) >= 11 is 0. The summed E-state index contributed by atoms with van der Waals surface area (Å²) in [6.45, 7) is 8.96. The van der Waals surface area contributed by atoms with E-state index in [0.717, 1.165) is 17.1 Å². The first-order valence-electron chi connectivity index (χ1n) is 9.09. The van der Waals surface area contributed by atoms with Crippen molar-refractivity contribution in [2.75, 3.05) is 17.2 Å². The minimum Gasteiger partial charge on any atom is -0.491 e. The molecule has 5 nitrogen and oxygen atoms in total. The molecule has 0 spiro atoms. The van der Waals surface area contributed by atoms with Crippen LogP contribution in [0.4, 0.5) is 11.4 Å². The number of para-hydroxylation sites is 1. The van der Waals surface area contributed by atoms with Crippen molar-refractivity contribution in [2.45, 2.75) is 39.8 Å². The molecule has 2 aromatic carbocycles. The third kappa shape index (κ3) is 6.67. The number of rotatable bonds is 8. The van der Waals surface area contributed by atoms with E-state index in [1.807, 2.05) is 56.3 Å². The summed E-state index contributed by atoms with van der Waals surface area (Å²) in [5.41, 5.74) is 8.03. The van der Waals surface area contributed by atoms with Gasteiger partial charge in [0.05, 0.1) is 12.6 Å². The number of hydrogen-bond donors (Lipinski definition) is 3. The van der Waals surface area contributed by atoms with Crippen LogP contribution in [0.25, 0.3) is 0 Å². The Kier molecular flexibility index (Phi) is 7.33. The quantitative estimate of drug-likeness (QED) is 0.487. The molecule has 0 fully saturated rings. The van der Waals surface area contributed by atoms with Crippen LogP contribution in [0.15, 0.2) is 59.6 Å². The van der Waals surface area contributed by atoms with E-state index >= 15 is 0 Å². The number of hydrogen-bond acceptors (Lipinski definition) is 3. The molecule has 140 valence electrons. The molecule has 0 heterocycles. The van der Waals surface area contributed by atoms with E-state index in [1.165, 1.54) is 0 Å². The van der Waals surface area contributed by atoms with E-state index in [2.05, 4.69) is 41.6 Å². The molecule has 1 unspecified atom stereocenters. The maximum Gasteiger partial charge on any atom is 0.193 e. The van der Waals surface area contributed by atoms with Gasteiger partial charge in [-0.1, -0.05) is 32.0 Å². The number of anilines is 2. The molecule has 2 rings (SSSR count). The lowest BCUT2D eigenvalue weighted by molar-refractivity contribution is 0.242. The highest BCUT2D eigenvalue weighted by molar-refractivity contribution is 5.92. The lowest BCUT2D eigenvalue weighted by Gasteiger charge is -2.22. The van der Waals surface area contributed by atoms with E-state index in [4.69, 9.17) is 10.5 Å². The van der Waals surface area contributed by atoms with Gasteiger partial charge in [0.25, 0.3) is 0 Å². The topological polar surface area (TPSA) is 71.7 Å². The van der Waals surface area contributed by atoms with Crippen molar-refractivity contribution >= 4 is 17.3 Å². The molecule has 0 bridgehead atoms. The van der Waals surface area contributed by atoms with Crippen LogP contribution < -0.4 is 21.1 Å². The van der Waals surface area contributed by atoms with Crippen LogP contribution in [0, 0.1) is 5.92 Å². The zero-order valence-corrected chi connectivity index (χ0v) is 16.1. The number of ether oxygens (including phenoxy) is 1. The molecule has 0 radical (unpaired) electrons. The maximum absolute atomic E-state index is 6.05. The Bertz CT molecular complexity index is 681. The number of guanidine groups is 1. The smallest absolute Gasteiger partial charge is 0.193 e. The predicted octanol–water partition coefficient (Wildman–Crippen LogP) is 4.34. The molecule has 0 aromatic heterocycles. The molecule has 26 heavy (non-hydrogen) atoms. The summed E-state index contributed by atoms with van der Waals surface area (Å²) in [6, 6.07) is 18.1. The van der Waals surface area contributed by atoms with Crippen LogP contribution in [-0.4, -0.2) is 24.7 Å². The van der Waals surface area contributed by atoms with Crippen molar-refractivity contribution < 1.29 is 4.74 Å². The molecule has 0 aliphatic heterocycles. The highest BCUT2D eigenvalue weighted by Gasteiger charge is 2.12. The van der Waals surface area contributed by atoms with E-state index < -0.39 is 0 Å². The first kappa shape index (κ1) is 19.6. The second kappa shape index (κ2) is 9.70. The van der Waals surface area contributed by atoms with E-state index in [0.29, 0.717) is 18.4 Å². The monoisotopic (exact) mass is 354 g/mol. The number of nitrogens with one attached hydrogen (secondary N) is 2. The molecule has 1 atom stereocenters. The Morgan fingerprint density at radius 2 is 1.62 bits per heavy atom. The number of nitrogens with two attached hydrogens (primary N) is 1. The molecule has 0 aliphatic carbocycles. The average molecular weight is 354 g/mol. The minimum atomic E-state index is 0.158. The lowest BCUT2D eigenvalue weighted by atomic mass is 10.0. The van der Waals surface area contributed by atoms with Gasteiger partial charge in [0.1, 0.15) is 5.75 Å². The van der Waals surface area contributed by atoms with Crippen LogP contribution in [0.2, 0.25) is 0 Å². The van der Waals surface area contributed by atoms with Crippen LogP contribution >= 0.6 is 0 Å². The van der Waals surface area contributed by atoms with Gasteiger partial charge in [0.2, 0.25) is 0 Å². The van der Waals surface area contributed by atoms with Crippen LogP contribution in [-0.2, 0) is 0 Å². The fourth-order valence-electron chi connectivity index (χ4n) is 2.44. The highest BCUT2D eigenvalue weighted by atomic mass is 16.5. The third-order valence-corrected chi connectivity index (χ3v) is 3.89. The lowest BCUT2D eigenvalue weighted by Crippen LogP contribution is -2.31. The molecule has 0 saturated carbocycles. The fourth-order valence-corrected chi connectivity index (χ4v) is 2.44. The van der Waals surface area contributed by atoms with Crippen molar-refractivity contribution in [2.24, 2.45) is 16.6 Å². The Morgan fingerprint density at radius 3 is 2.19 bits per heavy atom. The van der Waals surface area contributed by atoms with Crippen LogP contribution in [0.5, 0.6) is 5.75 Å². The number of nitrogens with zero attached hydrogens (tertiary/aromatic N) is 1. The fraction of sp³-hybridized carbons (Fsp3) is 0.381. The normalized spacial score (nSPS) is 12.9. The Morgan fingerprint density at radius 1 is 0.962 bits per heavy atom. The summed E-state index contributed by atoms with van der Waals surface area (Å²) in [6.07, 6.45) is 0.158. The van der Waals surface area contributed by atoms with Gasteiger partial charge in [-0.15, -0.1) is 0 Å². The highest BCUT2D eigenvalue weighted by Crippen LogP contribution is 2.17. The summed E-state index contributed by atoms with van der Waals surface area (Å²) < 4.78 is 5.64. The summed E-state index contributed by atoms with van der Waals surface area (Å²) in [4.78, 5) is 4.50. The largest absolute Gasteiger partial charge is 0.491 e. The van der Waals surface area contributed by atoms with Gasteiger partial charge in [-0.2, -0.15) is 0 Å². The van der Waals surface area contributed by atoms with Crippen molar-refractivity contribution in [1.29, 1.82) is 0 Å². The Balaban J connectivity index is 1.92. The van der Waals surface area contributed by atoms with Gasteiger partial charge in [-0.3, -0.25) is 4.99 Å². The second-order valence-electron chi connectivity index (χ2n) is 6.90. The van der Waals surface area contributed by atoms with Crippen molar-refractivity contribution in [3.8, 4) is 5.75 Å².